The average Bonchev–Trinajstić information content (AvgIpc) is 2.31. The third kappa shape index (κ3) is 0.832. The van der Waals surface area contributed by atoms with Gasteiger partial charge < -0.3 is 4.42 Å². The largest absolute Gasteiger partial charge is 0.418 e. The first-order chi connectivity index (χ1) is 5.27. The van der Waals surface area contributed by atoms with Crippen molar-refractivity contribution in [2.45, 2.75) is 6.92 Å². The zero-order valence-electron chi connectivity index (χ0n) is 5.92. The van der Waals surface area contributed by atoms with Crippen LogP contribution in [-0.2, 0) is 0 Å². The molecule has 0 amide bonds. The Morgan fingerprint density at radius 1 is 1.64 bits per heavy atom. The molecule has 56 valence electrons. The lowest BCUT2D eigenvalue weighted by Gasteiger charge is -1.88. The molecule has 11 heavy (non-hydrogen) atoms. The number of nitrogens with zero attached hydrogens (tertiary/aromatic N) is 1. The molecular weight excluding hydrogens is 144 g/mol. The van der Waals surface area contributed by atoms with Crippen molar-refractivity contribution in [3.05, 3.63) is 28.4 Å². The van der Waals surface area contributed by atoms with Gasteiger partial charge in [0, 0.05) is 6.20 Å². The molecule has 0 radical (unpaired) electrons. The Morgan fingerprint density at radius 3 is 3.18 bits per heavy atom. The fourth-order valence-corrected chi connectivity index (χ4v) is 0.977. The van der Waals surface area contributed by atoms with E-state index in [0.717, 1.165) is 5.56 Å². The third-order valence-corrected chi connectivity index (χ3v) is 1.52. The number of hydrogen-bond acceptors (Lipinski definition) is 3. The van der Waals surface area contributed by atoms with Gasteiger partial charge >= 0.3 is 5.76 Å². The fourth-order valence-electron chi connectivity index (χ4n) is 0.977. The molecule has 0 atom stereocenters. The van der Waals surface area contributed by atoms with E-state index in [1.165, 1.54) is 0 Å². The van der Waals surface area contributed by atoms with Gasteiger partial charge in [-0.3, -0.25) is 4.98 Å². The monoisotopic (exact) mass is 150 g/mol. The molecule has 0 saturated carbocycles. The molecule has 4 heteroatoms. The van der Waals surface area contributed by atoms with E-state index in [0.29, 0.717) is 11.2 Å². The molecule has 0 bridgehead atoms. The van der Waals surface area contributed by atoms with Crippen LogP contribution < -0.4 is 5.76 Å². The van der Waals surface area contributed by atoms with Crippen LogP contribution in [0.5, 0.6) is 0 Å². The minimum atomic E-state index is -0.457. The number of oxazole rings is 1. The van der Waals surface area contributed by atoms with Crippen molar-refractivity contribution in [2.24, 2.45) is 0 Å². The Kier molecular flexibility index (Phi) is 1.09. The zero-order chi connectivity index (χ0) is 7.84. The van der Waals surface area contributed by atoms with Gasteiger partial charge in [-0.05, 0) is 18.6 Å². The minimum absolute atomic E-state index is 0.457. The Balaban J connectivity index is 3.01. The van der Waals surface area contributed by atoms with Crippen LogP contribution in [0.3, 0.4) is 0 Å². The van der Waals surface area contributed by atoms with Crippen molar-refractivity contribution in [3.8, 4) is 0 Å². The van der Waals surface area contributed by atoms with E-state index in [1.807, 2.05) is 6.92 Å². The molecule has 2 aromatic heterocycles. The number of pyridine rings is 1. The summed E-state index contributed by atoms with van der Waals surface area (Å²) >= 11 is 0. The van der Waals surface area contributed by atoms with E-state index in [-0.39, 0.29) is 0 Å². The van der Waals surface area contributed by atoms with Gasteiger partial charge in [0.15, 0.2) is 11.2 Å². The van der Waals surface area contributed by atoms with Crippen molar-refractivity contribution in [1.29, 1.82) is 0 Å². The van der Waals surface area contributed by atoms with Crippen molar-refractivity contribution < 1.29 is 4.42 Å². The molecule has 2 heterocycles. The molecule has 0 saturated heterocycles. The maximum atomic E-state index is 10.7. The molecule has 2 rings (SSSR count). The molecule has 0 aliphatic carbocycles. The summed E-state index contributed by atoms with van der Waals surface area (Å²) in [6.45, 7) is 1.86. The zero-order valence-corrected chi connectivity index (χ0v) is 5.92. The van der Waals surface area contributed by atoms with Crippen LogP contribution in [0.15, 0.2) is 21.5 Å². The number of hydrogen-bond donors (Lipinski definition) is 1. The maximum absolute atomic E-state index is 10.7. The summed E-state index contributed by atoms with van der Waals surface area (Å²) < 4.78 is 4.83. The van der Waals surface area contributed by atoms with Gasteiger partial charge in [-0.25, -0.2) is 9.78 Å². The van der Waals surface area contributed by atoms with E-state index in [2.05, 4.69) is 9.97 Å². The average molecular weight is 150 g/mol. The number of fused-ring (bicyclic) bond motifs is 1. The number of aromatic nitrogens is 2. The summed E-state index contributed by atoms with van der Waals surface area (Å²) in [7, 11) is 0. The van der Waals surface area contributed by atoms with E-state index >= 15 is 0 Å². The molecular formula is C7H6N2O2. The van der Waals surface area contributed by atoms with Gasteiger partial charge in [-0.2, -0.15) is 0 Å². The van der Waals surface area contributed by atoms with Gasteiger partial charge in [0.2, 0.25) is 0 Å². The normalized spacial score (nSPS) is 10.6. The first-order valence-electron chi connectivity index (χ1n) is 3.22. The highest BCUT2D eigenvalue weighted by atomic mass is 16.4. The van der Waals surface area contributed by atoms with Crippen LogP contribution >= 0.6 is 0 Å². The van der Waals surface area contributed by atoms with Crippen molar-refractivity contribution in [3.63, 3.8) is 0 Å². The highest BCUT2D eigenvalue weighted by molar-refractivity contribution is 5.70. The second kappa shape index (κ2) is 1.95. The number of H-pyrrole nitrogens is 1. The van der Waals surface area contributed by atoms with Crippen LogP contribution in [0, 0.1) is 6.92 Å². The molecule has 0 aliphatic heterocycles. The van der Waals surface area contributed by atoms with Crippen LogP contribution in [0.25, 0.3) is 11.2 Å². The second-order valence-electron chi connectivity index (χ2n) is 2.32. The van der Waals surface area contributed by atoms with Gasteiger partial charge in [-0.15, -0.1) is 0 Å². The Morgan fingerprint density at radius 2 is 2.45 bits per heavy atom. The molecule has 0 spiro atoms. The van der Waals surface area contributed by atoms with Crippen LogP contribution in [0.1, 0.15) is 5.56 Å². The lowest BCUT2D eigenvalue weighted by Crippen LogP contribution is -1.93. The molecule has 0 aromatic carbocycles. The summed E-state index contributed by atoms with van der Waals surface area (Å²) in [5.74, 6) is -0.457. The molecule has 1 N–H and O–H groups in total. The standard InChI is InChI=1S/C7H6N2O2/c1-4-2-3-8-6-5(4)11-7(10)9-6/h2-3H,1H3,(H,8,9,10). The second-order valence-corrected chi connectivity index (χ2v) is 2.32. The van der Waals surface area contributed by atoms with Gasteiger partial charge in [0.25, 0.3) is 0 Å². The maximum Gasteiger partial charge on any atom is 0.418 e. The number of nitrogens with one attached hydrogen (secondary N) is 1. The smallest absolute Gasteiger partial charge is 0.406 e. The van der Waals surface area contributed by atoms with Gasteiger partial charge in [0.1, 0.15) is 0 Å². The van der Waals surface area contributed by atoms with Crippen molar-refractivity contribution in [1.82, 2.24) is 9.97 Å². The summed E-state index contributed by atoms with van der Waals surface area (Å²) in [6, 6.07) is 1.79. The lowest BCUT2D eigenvalue weighted by molar-refractivity contribution is 0.553. The highest BCUT2D eigenvalue weighted by Gasteiger charge is 2.02. The molecule has 0 fully saturated rings. The summed E-state index contributed by atoms with van der Waals surface area (Å²) in [6.07, 6.45) is 1.63. The predicted octanol–water partition coefficient (Wildman–Crippen LogP) is 0.825. The molecule has 2 aromatic rings. The first kappa shape index (κ1) is 6.15. The Labute approximate surface area is 61.9 Å². The fraction of sp³-hybridized carbons (Fsp3) is 0.143. The quantitative estimate of drug-likeness (QED) is 0.604. The van der Waals surface area contributed by atoms with E-state index < -0.39 is 5.76 Å². The Bertz CT molecular complexity index is 441. The molecule has 0 unspecified atom stereocenters. The van der Waals surface area contributed by atoms with Gasteiger partial charge in [0.05, 0.1) is 0 Å². The Hall–Kier alpha value is -1.58. The van der Waals surface area contributed by atoms with E-state index in [4.69, 9.17) is 4.42 Å². The van der Waals surface area contributed by atoms with Crippen molar-refractivity contribution in [2.75, 3.05) is 0 Å². The third-order valence-electron chi connectivity index (χ3n) is 1.52. The van der Waals surface area contributed by atoms with Crippen LogP contribution in [0.2, 0.25) is 0 Å². The lowest BCUT2D eigenvalue weighted by atomic mass is 10.3. The number of rotatable bonds is 0. The molecule has 0 aliphatic rings. The van der Waals surface area contributed by atoms with Gasteiger partial charge in [-0.1, -0.05) is 0 Å². The SMILES string of the molecule is Cc1ccnc2[nH]c(=O)oc12. The van der Waals surface area contributed by atoms with E-state index in [1.54, 1.807) is 12.3 Å². The highest BCUT2D eigenvalue weighted by Crippen LogP contribution is 2.10. The van der Waals surface area contributed by atoms with Crippen LogP contribution in [-0.4, -0.2) is 9.97 Å². The number of aromatic amines is 1. The molecule has 4 nitrogen and oxygen atoms in total. The number of aryl methyl sites for hydroxylation is 1. The predicted molar refractivity (Wildman–Crippen MR) is 39.4 cm³/mol. The van der Waals surface area contributed by atoms with Crippen molar-refractivity contribution >= 4 is 11.2 Å². The first-order valence-corrected chi connectivity index (χ1v) is 3.22. The van der Waals surface area contributed by atoms with E-state index in [9.17, 15) is 4.79 Å². The van der Waals surface area contributed by atoms with Crippen LogP contribution in [0.4, 0.5) is 0 Å². The summed E-state index contributed by atoms with van der Waals surface area (Å²) in [5, 5.41) is 0. The topological polar surface area (TPSA) is 58.9 Å². The minimum Gasteiger partial charge on any atom is -0.406 e. The summed E-state index contributed by atoms with van der Waals surface area (Å²) in [5.41, 5.74) is 1.96. The summed E-state index contributed by atoms with van der Waals surface area (Å²) in [4.78, 5) is 17.1.